The Bertz CT molecular complexity index is 1360. The zero-order valence-corrected chi connectivity index (χ0v) is 18.2. The number of hydrogen-bond acceptors (Lipinski definition) is 6. The zero-order chi connectivity index (χ0) is 22.6. The highest BCUT2D eigenvalue weighted by molar-refractivity contribution is 5.98. The van der Waals surface area contributed by atoms with Gasteiger partial charge in [0.1, 0.15) is 5.69 Å². The molecule has 8 heteroatoms. The van der Waals surface area contributed by atoms with Gasteiger partial charge in [-0.2, -0.15) is 0 Å². The topological polar surface area (TPSA) is 99.2 Å². The molecular formula is C25H23N7O. The Morgan fingerprint density at radius 2 is 2.03 bits per heavy atom. The Balaban J connectivity index is 1.33. The van der Waals surface area contributed by atoms with Crippen LogP contribution in [0.1, 0.15) is 34.7 Å². The maximum Gasteiger partial charge on any atom is 0.270 e. The number of amides is 1. The number of hydrogen-bond donors (Lipinski definition) is 2. The summed E-state index contributed by atoms with van der Waals surface area (Å²) in [5.41, 5.74) is 4.74. The smallest absolute Gasteiger partial charge is 0.270 e. The van der Waals surface area contributed by atoms with E-state index in [0.29, 0.717) is 18.2 Å². The van der Waals surface area contributed by atoms with E-state index in [1.807, 2.05) is 54.7 Å². The summed E-state index contributed by atoms with van der Waals surface area (Å²) in [6.45, 7) is 0.440. The summed E-state index contributed by atoms with van der Waals surface area (Å²) in [5, 5.41) is 4.17. The molecule has 0 atom stereocenters. The standard InChI is InChI=1S/C25H23N7O/c1-32(16-19-6-2-4-11-26-19)24(33)23-15-17-14-18(8-9-20(17)30-23)29-25-28-13-10-22(31-25)21-7-3-5-12-27-21/h2,4,6-15,30H,3,5,16H2,1H3,(H,28,29,31). The van der Waals surface area contributed by atoms with Crippen LogP contribution in [0.5, 0.6) is 0 Å². The number of aromatic amines is 1. The molecule has 4 heterocycles. The van der Waals surface area contributed by atoms with Crippen molar-refractivity contribution in [2.45, 2.75) is 19.4 Å². The number of pyridine rings is 1. The first-order chi connectivity index (χ1) is 16.2. The van der Waals surface area contributed by atoms with Gasteiger partial charge in [-0.15, -0.1) is 0 Å². The lowest BCUT2D eigenvalue weighted by atomic mass is 10.2. The Labute approximate surface area is 191 Å². The van der Waals surface area contributed by atoms with Crippen LogP contribution in [0.25, 0.3) is 16.6 Å². The Morgan fingerprint density at radius 3 is 2.85 bits per heavy atom. The minimum Gasteiger partial charge on any atom is -0.351 e. The maximum absolute atomic E-state index is 12.9. The number of aromatic nitrogens is 4. The second kappa shape index (κ2) is 9.04. The zero-order valence-electron chi connectivity index (χ0n) is 18.2. The molecule has 8 nitrogen and oxygen atoms in total. The minimum atomic E-state index is -0.0938. The second-order valence-corrected chi connectivity index (χ2v) is 7.84. The Hall–Kier alpha value is -4.33. The predicted octanol–water partition coefficient (Wildman–Crippen LogP) is 4.57. The Morgan fingerprint density at radius 1 is 1.09 bits per heavy atom. The van der Waals surface area contributed by atoms with E-state index >= 15 is 0 Å². The van der Waals surface area contributed by atoms with Gasteiger partial charge in [-0.1, -0.05) is 12.1 Å². The maximum atomic E-state index is 12.9. The lowest BCUT2D eigenvalue weighted by Crippen LogP contribution is -2.26. The van der Waals surface area contributed by atoms with Gasteiger partial charge in [0.25, 0.3) is 5.91 Å². The number of fused-ring (bicyclic) bond motifs is 1. The molecule has 33 heavy (non-hydrogen) atoms. The molecular weight excluding hydrogens is 414 g/mol. The number of nitrogens with zero attached hydrogens (tertiary/aromatic N) is 5. The molecule has 0 spiro atoms. The van der Waals surface area contributed by atoms with Crippen molar-refractivity contribution in [1.82, 2.24) is 24.8 Å². The van der Waals surface area contributed by atoms with Gasteiger partial charge >= 0.3 is 0 Å². The molecule has 0 fully saturated rings. The summed E-state index contributed by atoms with van der Waals surface area (Å²) in [7, 11) is 1.77. The average Bonchev–Trinajstić information content (AvgIpc) is 3.28. The van der Waals surface area contributed by atoms with Crippen molar-refractivity contribution in [1.29, 1.82) is 0 Å². The molecule has 4 aromatic rings. The molecule has 2 N–H and O–H groups in total. The summed E-state index contributed by atoms with van der Waals surface area (Å²) >= 11 is 0. The van der Waals surface area contributed by atoms with E-state index in [4.69, 9.17) is 0 Å². The first-order valence-electron chi connectivity index (χ1n) is 10.8. The highest BCUT2D eigenvalue weighted by atomic mass is 16.2. The first kappa shape index (κ1) is 20.6. The number of carbonyl (C=O) groups excluding carboxylic acids is 1. The number of nitrogens with one attached hydrogen (secondary N) is 2. The SMILES string of the molecule is CN(Cc1ccccn1)C(=O)c1cc2cc(Nc3nccc(C4=CCCC=N4)n3)ccc2[nH]1. The molecule has 0 saturated heterocycles. The number of benzene rings is 1. The molecule has 1 aromatic carbocycles. The molecule has 0 saturated carbocycles. The lowest BCUT2D eigenvalue weighted by Gasteiger charge is -2.15. The van der Waals surface area contributed by atoms with Crippen molar-refractivity contribution in [3.63, 3.8) is 0 Å². The lowest BCUT2D eigenvalue weighted by molar-refractivity contribution is 0.0778. The van der Waals surface area contributed by atoms with Gasteiger partial charge in [-0.3, -0.25) is 14.8 Å². The molecule has 0 bridgehead atoms. The molecule has 0 unspecified atom stereocenters. The molecule has 1 aliphatic heterocycles. The third kappa shape index (κ3) is 4.64. The fourth-order valence-electron chi connectivity index (χ4n) is 3.71. The van der Waals surface area contributed by atoms with Crippen molar-refractivity contribution >= 4 is 40.4 Å². The van der Waals surface area contributed by atoms with Crippen molar-refractivity contribution in [2.75, 3.05) is 12.4 Å². The number of anilines is 2. The summed E-state index contributed by atoms with van der Waals surface area (Å²) in [6.07, 6.45) is 9.37. The largest absolute Gasteiger partial charge is 0.351 e. The predicted molar refractivity (Wildman–Crippen MR) is 129 cm³/mol. The van der Waals surface area contributed by atoms with E-state index in [9.17, 15) is 4.79 Å². The summed E-state index contributed by atoms with van der Waals surface area (Å²) in [5.74, 6) is 0.402. The van der Waals surface area contributed by atoms with Gasteiger partial charge in [-0.25, -0.2) is 9.97 Å². The molecule has 164 valence electrons. The van der Waals surface area contributed by atoms with E-state index in [-0.39, 0.29) is 5.91 Å². The molecule has 0 aliphatic carbocycles. The third-order valence-corrected chi connectivity index (χ3v) is 5.36. The minimum absolute atomic E-state index is 0.0938. The fourth-order valence-corrected chi connectivity index (χ4v) is 3.71. The van der Waals surface area contributed by atoms with Crippen LogP contribution in [0.15, 0.2) is 72.0 Å². The van der Waals surface area contributed by atoms with Gasteiger partial charge in [0.2, 0.25) is 5.95 Å². The fraction of sp³-hybridized carbons (Fsp3) is 0.160. The number of H-pyrrole nitrogens is 1. The highest BCUT2D eigenvalue weighted by Crippen LogP contribution is 2.24. The van der Waals surface area contributed by atoms with Crippen molar-refractivity contribution in [3.8, 4) is 0 Å². The van der Waals surface area contributed by atoms with Crippen molar-refractivity contribution < 1.29 is 4.79 Å². The number of carbonyl (C=O) groups is 1. The van der Waals surface area contributed by atoms with Gasteiger partial charge in [0.05, 0.1) is 23.6 Å². The van der Waals surface area contributed by atoms with Crippen LogP contribution in [-0.2, 0) is 6.54 Å². The molecule has 0 radical (unpaired) electrons. The third-order valence-electron chi connectivity index (χ3n) is 5.36. The summed E-state index contributed by atoms with van der Waals surface area (Å²) in [4.78, 5) is 35.4. The normalized spacial score (nSPS) is 13.1. The monoisotopic (exact) mass is 437 g/mol. The van der Waals surface area contributed by atoms with E-state index in [1.54, 1.807) is 24.3 Å². The number of aliphatic imine (C=N–C) groups is 1. The highest BCUT2D eigenvalue weighted by Gasteiger charge is 2.15. The van der Waals surface area contributed by atoms with Gasteiger partial charge < -0.3 is 15.2 Å². The quantitative estimate of drug-likeness (QED) is 0.460. The number of allylic oxidation sites excluding steroid dienone is 1. The van der Waals surface area contributed by atoms with Crippen molar-refractivity contribution in [3.05, 3.63) is 84.1 Å². The van der Waals surface area contributed by atoms with Crippen LogP contribution in [0.4, 0.5) is 11.6 Å². The Kier molecular flexibility index (Phi) is 5.63. The van der Waals surface area contributed by atoms with Crippen LogP contribution >= 0.6 is 0 Å². The first-order valence-corrected chi connectivity index (χ1v) is 10.8. The van der Waals surface area contributed by atoms with E-state index < -0.39 is 0 Å². The van der Waals surface area contributed by atoms with Crippen LogP contribution in [0.2, 0.25) is 0 Å². The van der Waals surface area contributed by atoms with Crippen LogP contribution in [-0.4, -0.2) is 44.0 Å². The van der Waals surface area contributed by atoms with Crippen LogP contribution < -0.4 is 5.32 Å². The summed E-state index contributed by atoms with van der Waals surface area (Å²) < 4.78 is 0. The second-order valence-electron chi connectivity index (χ2n) is 7.84. The van der Waals surface area contributed by atoms with Gasteiger partial charge in [0.15, 0.2) is 0 Å². The van der Waals surface area contributed by atoms with Crippen molar-refractivity contribution in [2.24, 2.45) is 4.99 Å². The van der Waals surface area contributed by atoms with Gasteiger partial charge in [-0.05, 0) is 55.3 Å². The molecule has 3 aromatic heterocycles. The molecule has 5 rings (SSSR count). The molecule has 1 aliphatic rings. The average molecular weight is 438 g/mol. The van der Waals surface area contributed by atoms with Gasteiger partial charge in [0, 0.05) is 42.2 Å². The van der Waals surface area contributed by atoms with Crippen LogP contribution in [0, 0.1) is 0 Å². The van der Waals surface area contributed by atoms with E-state index in [1.165, 1.54) is 0 Å². The van der Waals surface area contributed by atoms with E-state index in [0.717, 1.165) is 46.5 Å². The number of rotatable bonds is 6. The molecule has 1 amide bonds. The van der Waals surface area contributed by atoms with E-state index in [2.05, 4.69) is 36.3 Å². The van der Waals surface area contributed by atoms with Crippen LogP contribution in [0.3, 0.4) is 0 Å². The summed E-state index contributed by atoms with van der Waals surface area (Å²) in [6, 6.07) is 15.2.